The molecule has 2 aromatic rings. The lowest BCUT2D eigenvalue weighted by Crippen LogP contribution is -2.41. The summed E-state index contributed by atoms with van der Waals surface area (Å²) in [6.07, 6.45) is 0.212. The minimum atomic E-state index is -0.140. The molecule has 0 aromatic heterocycles. The van der Waals surface area contributed by atoms with Gasteiger partial charge in [0.2, 0.25) is 5.91 Å². The molecule has 0 bridgehead atoms. The van der Waals surface area contributed by atoms with Crippen molar-refractivity contribution >= 4 is 34.8 Å². The zero-order valence-electron chi connectivity index (χ0n) is 13.0. The molecule has 0 spiro atoms. The lowest BCUT2D eigenvalue weighted by Gasteiger charge is -2.26. The first kappa shape index (κ1) is 16.5. The number of ether oxygens (including phenoxy) is 1. The fraction of sp³-hybridized carbons (Fsp3) is 0.222. The number of hydrogen-bond acceptors (Lipinski definition) is 3. The van der Waals surface area contributed by atoms with Gasteiger partial charge in [-0.1, -0.05) is 29.8 Å². The van der Waals surface area contributed by atoms with Gasteiger partial charge < -0.3 is 15.0 Å². The SMILES string of the molecule is O=C(Cc1ccccc1Cl)Nc1ccc(N2CCOCC2=O)cc1. The highest BCUT2D eigenvalue weighted by Crippen LogP contribution is 2.20. The zero-order chi connectivity index (χ0) is 16.9. The monoisotopic (exact) mass is 344 g/mol. The van der Waals surface area contributed by atoms with Crippen LogP contribution in [0.1, 0.15) is 5.56 Å². The molecule has 3 rings (SSSR count). The molecule has 1 fully saturated rings. The smallest absolute Gasteiger partial charge is 0.253 e. The predicted molar refractivity (Wildman–Crippen MR) is 93.4 cm³/mol. The van der Waals surface area contributed by atoms with Crippen LogP contribution in [0.4, 0.5) is 11.4 Å². The van der Waals surface area contributed by atoms with E-state index < -0.39 is 0 Å². The van der Waals surface area contributed by atoms with Crippen molar-refractivity contribution in [2.75, 3.05) is 30.0 Å². The van der Waals surface area contributed by atoms with Crippen LogP contribution in [0.5, 0.6) is 0 Å². The Hall–Kier alpha value is -2.37. The number of nitrogens with zero attached hydrogens (tertiary/aromatic N) is 1. The van der Waals surface area contributed by atoms with Gasteiger partial charge in [0.15, 0.2) is 0 Å². The molecule has 0 atom stereocenters. The predicted octanol–water partition coefficient (Wildman–Crippen LogP) is 2.88. The van der Waals surface area contributed by atoms with Crippen LogP contribution in [0.3, 0.4) is 0 Å². The third-order valence-corrected chi connectivity index (χ3v) is 4.13. The van der Waals surface area contributed by atoms with Crippen LogP contribution < -0.4 is 10.2 Å². The minimum absolute atomic E-state index is 0.0586. The molecule has 2 amide bonds. The van der Waals surface area contributed by atoms with E-state index in [-0.39, 0.29) is 24.8 Å². The van der Waals surface area contributed by atoms with Gasteiger partial charge in [-0.2, -0.15) is 0 Å². The van der Waals surface area contributed by atoms with Crippen molar-refractivity contribution in [3.63, 3.8) is 0 Å². The van der Waals surface area contributed by atoms with Gasteiger partial charge in [-0.05, 0) is 35.9 Å². The molecule has 0 saturated carbocycles. The maximum atomic E-state index is 12.1. The molecule has 24 heavy (non-hydrogen) atoms. The second-order valence-corrected chi connectivity index (χ2v) is 5.87. The number of carbonyl (C=O) groups is 2. The lowest BCUT2D eigenvalue weighted by molar-refractivity contribution is -0.125. The Labute approximate surface area is 145 Å². The molecule has 1 aliphatic heterocycles. The summed E-state index contributed by atoms with van der Waals surface area (Å²) in [5, 5.41) is 3.41. The molecule has 124 valence electrons. The van der Waals surface area contributed by atoms with E-state index in [4.69, 9.17) is 16.3 Å². The summed E-state index contributed by atoms with van der Waals surface area (Å²) in [6, 6.07) is 14.5. The third kappa shape index (κ3) is 3.93. The van der Waals surface area contributed by atoms with Crippen LogP contribution in [0, 0.1) is 0 Å². The molecule has 1 heterocycles. The van der Waals surface area contributed by atoms with E-state index in [1.165, 1.54) is 0 Å². The fourth-order valence-corrected chi connectivity index (χ4v) is 2.74. The van der Waals surface area contributed by atoms with E-state index in [1.807, 2.05) is 30.3 Å². The van der Waals surface area contributed by atoms with Gasteiger partial charge in [0.25, 0.3) is 5.91 Å². The molecule has 1 N–H and O–H groups in total. The zero-order valence-corrected chi connectivity index (χ0v) is 13.8. The highest BCUT2D eigenvalue weighted by Gasteiger charge is 2.19. The van der Waals surface area contributed by atoms with Gasteiger partial charge in [-0.15, -0.1) is 0 Å². The van der Waals surface area contributed by atoms with E-state index in [0.29, 0.717) is 23.9 Å². The summed E-state index contributed by atoms with van der Waals surface area (Å²) in [7, 11) is 0. The molecule has 5 nitrogen and oxygen atoms in total. The van der Waals surface area contributed by atoms with Crippen LogP contribution in [-0.2, 0) is 20.7 Å². The largest absolute Gasteiger partial charge is 0.370 e. The Bertz CT molecular complexity index is 746. The molecule has 0 unspecified atom stereocenters. The first-order chi connectivity index (χ1) is 11.6. The van der Waals surface area contributed by atoms with Gasteiger partial charge in [-0.25, -0.2) is 0 Å². The number of amides is 2. The number of halogens is 1. The fourth-order valence-electron chi connectivity index (χ4n) is 2.54. The van der Waals surface area contributed by atoms with E-state index in [2.05, 4.69) is 5.32 Å². The van der Waals surface area contributed by atoms with Crippen LogP contribution in [0.2, 0.25) is 5.02 Å². The maximum Gasteiger partial charge on any atom is 0.253 e. The Morgan fingerprint density at radius 2 is 1.92 bits per heavy atom. The number of benzene rings is 2. The quantitative estimate of drug-likeness (QED) is 0.927. The Kier molecular flexibility index (Phi) is 5.13. The Morgan fingerprint density at radius 1 is 1.17 bits per heavy atom. The Balaban J connectivity index is 1.62. The number of carbonyl (C=O) groups excluding carboxylic acids is 2. The first-order valence-electron chi connectivity index (χ1n) is 7.65. The molecular weight excluding hydrogens is 328 g/mol. The standard InChI is InChI=1S/C18H17ClN2O3/c19-16-4-2-1-3-13(16)11-17(22)20-14-5-7-15(8-6-14)21-9-10-24-12-18(21)23/h1-8H,9-12H2,(H,20,22). The third-order valence-electron chi connectivity index (χ3n) is 3.76. The maximum absolute atomic E-state index is 12.1. The highest BCUT2D eigenvalue weighted by atomic mass is 35.5. The van der Waals surface area contributed by atoms with Crippen molar-refractivity contribution in [1.82, 2.24) is 0 Å². The Morgan fingerprint density at radius 3 is 2.62 bits per heavy atom. The summed E-state index contributed by atoms with van der Waals surface area (Å²) in [4.78, 5) is 25.6. The van der Waals surface area contributed by atoms with Gasteiger partial charge in [0.05, 0.1) is 13.0 Å². The van der Waals surface area contributed by atoms with Crippen LogP contribution >= 0.6 is 11.6 Å². The number of anilines is 2. The molecular formula is C18H17ClN2O3. The van der Waals surface area contributed by atoms with E-state index >= 15 is 0 Å². The number of rotatable bonds is 4. The van der Waals surface area contributed by atoms with E-state index in [0.717, 1.165) is 11.3 Å². The lowest BCUT2D eigenvalue weighted by atomic mass is 10.1. The second-order valence-electron chi connectivity index (χ2n) is 5.46. The topological polar surface area (TPSA) is 58.6 Å². The highest BCUT2D eigenvalue weighted by molar-refractivity contribution is 6.31. The summed E-state index contributed by atoms with van der Waals surface area (Å²) >= 11 is 6.06. The first-order valence-corrected chi connectivity index (χ1v) is 8.03. The molecule has 1 aliphatic rings. The molecule has 1 saturated heterocycles. The van der Waals surface area contributed by atoms with E-state index in [9.17, 15) is 9.59 Å². The van der Waals surface area contributed by atoms with Crippen molar-refractivity contribution in [3.05, 3.63) is 59.1 Å². The summed E-state index contributed by atoms with van der Waals surface area (Å²) in [5.74, 6) is -0.199. The minimum Gasteiger partial charge on any atom is -0.370 e. The van der Waals surface area contributed by atoms with Gasteiger partial charge >= 0.3 is 0 Å². The van der Waals surface area contributed by atoms with Gasteiger partial charge in [-0.3, -0.25) is 9.59 Å². The second kappa shape index (κ2) is 7.47. The van der Waals surface area contributed by atoms with Gasteiger partial charge in [0, 0.05) is 22.9 Å². The normalized spacial score (nSPS) is 14.5. The molecule has 0 radical (unpaired) electrons. The van der Waals surface area contributed by atoms with Crippen molar-refractivity contribution in [2.24, 2.45) is 0 Å². The van der Waals surface area contributed by atoms with Crippen LogP contribution in [-0.4, -0.2) is 31.6 Å². The van der Waals surface area contributed by atoms with Crippen molar-refractivity contribution in [3.8, 4) is 0 Å². The van der Waals surface area contributed by atoms with Gasteiger partial charge in [0.1, 0.15) is 6.61 Å². The molecule has 2 aromatic carbocycles. The van der Waals surface area contributed by atoms with Crippen LogP contribution in [0.15, 0.2) is 48.5 Å². The van der Waals surface area contributed by atoms with Crippen LogP contribution in [0.25, 0.3) is 0 Å². The summed E-state index contributed by atoms with van der Waals surface area (Å²) < 4.78 is 5.12. The summed E-state index contributed by atoms with van der Waals surface area (Å²) in [6.45, 7) is 1.18. The number of hydrogen-bond donors (Lipinski definition) is 1. The summed E-state index contributed by atoms with van der Waals surface area (Å²) in [5.41, 5.74) is 2.26. The van der Waals surface area contributed by atoms with E-state index in [1.54, 1.807) is 23.1 Å². The van der Waals surface area contributed by atoms with Crippen molar-refractivity contribution in [2.45, 2.75) is 6.42 Å². The number of morpholine rings is 1. The van der Waals surface area contributed by atoms with Crippen molar-refractivity contribution in [1.29, 1.82) is 0 Å². The average Bonchev–Trinajstić information content (AvgIpc) is 2.58. The molecule has 0 aliphatic carbocycles. The molecule has 6 heteroatoms. The average molecular weight is 345 g/mol. The number of nitrogens with one attached hydrogen (secondary N) is 1. The van der Waals surface area contributed by atoms with Crippen molar-refractivity contribution < 1.29 is 14.3 Å².